The number of rotatable bonds is 4. The van der Waals surface area contributed by atoms with E-state index in [0.717, 1.165) is 0 Å². The van der Waals surface area contributed by atoms with Crippen LogP contribution < -0.4 is 10.1 Å². The lowest BCUT2D eigenvalue weighted by atomic mass is 10.2. The number of aromatic nitrogens is 1. The minimum Gasteiger partial charge on any atom is -0.478 e. The summed E-state index contributed by atoms with van der Waals surface area (Å²) in [4.78, 5) is 30.3. The van der Waals surface area contributed by atoms with Gasteiger partial charge >= 0.3 is 0 Å². The Kier molecular flexibility index (Phi) is 5.44. The summed E-state index contributed by atoms with van der Waals surface area (Å²) in [7, 11) is -3.77. The Morgan fingerprint density at radius 1 is 1.20 bits per heavy atom. The number of anilines is 1. The SMILES string of the molecule is CC[C@H]1Oc2ccc(S(=O)(=O)N3CCN(C(=O)c4ccccn4)CC3)cc2NC1=O. The minimum absolute atomic E-state index is 0.0737. The molecule has 30 heavy (non-hydrogen) atoms. The van der Waals surface area contributed by atoms with Gasteiger partial charge in [-0.25, -0.2) is 8.42 Å². The molecular weight excluding hydrogens is 408 g/mol. The highest BCUT2D eigenvalue weighted by atomic mass is 32.2. The highest BCUT2D eigenvalue weighted by Crippen LogP contribution is 2.33. The number of carbonyl (C=O) groups excluding carboxylic acids is 2. The van der Waals surface area contributed by atoms with E-state index >= 15 is 0 Å². The van der Waals surface area contributed by atoms with Crippen molar-refractivity contribution in [3.63, 3.8) is 0 Å². The van der Waals surface area contributed by atoms with Crippen molar-refractivity contribution in [1.82, 2.24) is 14.2 Å². The predicted molar refractivity (Wildman–Crippen MR) is 109 cm³/mol. The molecule has 4 rings (SSSR count). The van der Waals surface area contributed by atoms with Crippen LogP contribution in [0, 0.1) is 0 Å². The van der Waals surface area contributed by atoms with Crippen molar-refractivity contribution in [1.29, 1.82) is 0 Å². The third-order valence-electron chi connectivity index (χ3n) is 5.19. The zero-order valence-corrected chi connectivity index (χ0v) is 17.3. The fourth-order valence-corrected chi connectivity index (χ4v) is 4.94. The van der Waals surface area contributed by atoms with Gasteiger partial charge in [0.1, 0.15) is 11.4 Å². The van der Waals surface area contributed by atoms with Crippen LogP contribution in [0.3, 0.4) is 0 Å². The van der Waals surface area contributed by atoms with E-state index in [1.807, 2.05) is 6.92 Å². The van der Waals surface area contributed by atoms with Crippen LogP contribution in [0.2, 0.25) is 0 Å². The van der Waals surface area contributed by atoms with Crippen LogP contribution in [0.15, 0.2) is 47.5 Å². The molecule has 0 saturated carbocycles. The van der Waals surface area contributed by atoms with Gasteiger partial charge in [-0.05, 0) is 36.8 Å². The summed E-state index contributed by atoms with van der Waals surface area (Å²) in [6.07, 6.45) is 1.49. The topological polar surface area (TPSA) is 109 Å². The van der Waals surface area contributed by atoms with E-state index in [0.29, 0.717) is 23.6 Å². The summed E-state index contributed by atoms with van der Waals surface area (Å²) in [5.41, 5.74) is 0.680. The first-order valence-corrected chi connectivity index (χ1v) is 11.2. The summed E-state index contributed by atoms with van der Waals surface area (Å²) >= 11 is 0. The van der Waals surface area contributed by atoms with Gasteiger partial charge in [0.25, 0.3) is 11.8 Å². The summed E-state index contributed by atoms with van der Waals surface area (Å²) in [6.45, 7) is 2.75. The van der Waals surface area contributed by atoms with Gasteiger partial charge in [0.2, 0.25) is 10.0 Å². The van der Waals surface area contributed by atoms with Crippen LogP contribution in [0.4, 0.5) is 5.69 Å². The molecule has 2 amide bonds. The highest BCUT2D eigenvalue weighted by molar-refractivity contribution is 7.89. The zero-order chi connectivity index (χ0) is 21.3. The molecule has 1 N–H and O–H groups in total. The molecule has 3 heterocycles. The average Bonchev–Trinajstić information content (AvgIpc) is 2.78. The smallest absolute Gasteiger partial charge is 0.272 e. The Hall–Kier alpha value is -2.98. The molecule has 0 bridgehead atoms. The molecule has 9 nitrogen and oxygen atoms in total. The van der Waals surface area contributed by atoms with Crippen molar-refractivity contribution in [2.24, 2.45) is 0 Å². The summed E-state index contributed by atoms with van der Waals surface area (Å²) in [6, 6.07) is 9.56. The lowest BCUT2D eigenvalue weighted by molar-refractivity contribution is -0.123. The maximum atomic E-state index is 13.1. The number of fused-ring (bicyclic) bond motifs is 1. The monoisotopic (exact) mass is 430 g/mol. The Labute approximate surface area is 174 Å². The van der Waals surface area contributed by atoms with Gasteiger partial charge in [-0.1, -0.05) is 13.0 Å². The van der Waals surface area contributed by atoms with Crippen LogP contribution in [0.25, 0.3) is 0 Å². The quantitative estimate of drug-likeness (QED) is 0.784. The molecule has 2 aliphatic heterocycles. The van der Waals surface area contributed by atoms with E-state index in [4.69, 9.17) is 4.74 Å². The second-order valence-corrected chi connectivity index (χ2v) is 9.01. The number of ether oxygens (including phenoxy) is 1. The largest absolute Gasteiger partial charge is 0.478 e. The predicted octanol–water partition coefficient (Wildman–Crippen LogP) is 1.34. The lowest BCUT2D eigenvalue weighted by Crippen LogP contribution is -2.50. The molecule has 0 aliphatic carbocycles. The summed E-state index contributed by atoms with van der Waals surface area (Å²) in [5, 5.41) is 2.71. The standard InChI is InChI=1S/C20H22N4O5S/c1-2-17-19(25)22-16-13-14(6-7-18(16)29-17)30(27,28)24-11-9-23(10-12-24)20(26)15-5-3-4-8-21-15/h3-8,13,17H,2,9-12H2,1H3,(H,22,25)/t17-/m1/s1. The Morgan fingerprint density at radius 2 is 1.97 bits per heavy atom. The van der Waals surface area contributed by atoms with Gasteiger partial charge in [0.15, 0.2) is 6.10 Å². The van der Waals surface area contributed by atoms with Gasteiger partial charge in [-0.15, -0.1) is 0 Å². The molecule has 0 spiro atoms. The number of nitrogens with zero attached hydrogens (tertiary/aromatic N) is 3. The van der Waals surface area contributed by atoms with Crippen LogP contribution in [0.1, 0.15) is 23.8 Å². The van der Waals surface area contributed by atoms with Crippen molar-refractivity contribution in [3.05, 3.63) is 48.3 Å². The third-order valence-corrected chi connectivity index (χ3v) is 7.08. The van der Waals surface area contributed by atoms with Crippen molar-refractivity contribution in [2.45, 2.75) is 24.3 Å². The zero-order valence-electron chi connectivity index (χ0n) is 16.4. The number of piperazine rings is 1. The van der Waals surface area contributed by atoms with Gasteiger partial charge in [-0.3, -0.25) is 14.6 Å². The van der Waals surface area contributed by atoms with E-state index in [9.17, 15) is 18.0 Å². The van der Waals surface area contributed by atoms with Crippen LogP contribution in [-0.2, 0) is 14.8 Å². The molecular formula is C20H22N4O5S. The number of carbonyl (C=O) groups is 2. The van der Waals surface area contributed by atoms with Crippen molar-refractivity contribution < 1.29 is 22.7 Å². The van der Waals surface area contributed by atoms with Gasteiger partial charge < -0.3 is 15.0 Å². The number of sulfonamides is 1. The first kappa shape index (κ1) is 20.3. The third kappa shape index (κ3) is 3.75. The Morgan fingerprint density at radius 3 is 2.63 bits per heavy atom. The number of pyridine rings is 1. The van der Waals surface area contributed by atoms with Crippen LogP contribution in [0.5, 0.6) is 5.75 Å². The summed E-state index contributed by atoms with van der Waals surface area (Å²) < 4.78 is 33.1. The van der Waals surface area contributed by atoms with Gasteiger partial charge in [0.05, 0.1) is 10.6 Å². The number of benzene rings is 1. The maximum absolute atomic E-state index is 13.1. The molecule has 1 atom stereocenters. The average molecular weight is 430 g/mol. The molecule has 2 aromatic rings. The van der Waals surface area contributed by atoms with E-state index < -0.39 is 16.1 Å². The van der Waals surface area contributed by atoms with Crippen molar-refractivity contribution in [2.75, 3.05) is 31.5 Å². The molecule has 1 aromatic carbocycles. The Balaban J connectivity index is 1.47. The molecule has 0 radical (unpaired) electrons. The van der Waals surface area contributed by atoms with Gasteiger partial charge in [-0.2, -0.15) is 4.31 Å². The van der Waals surface area contributed by atoms with Crippen molar-refractivity contribution in [3.8, 4) is 5.75 Å². The number of hydrogen-bond donors (Lipinski definition) is 1. The second kappa shape index (κ2) is 8.04. The molecule has 1 aromatic heterocycles. The number of hydrogen-bond acceptors (Lipinski definition) is 6. The second-order valence-electron chi connectivity index (χ2n) is 7.07. The van der Waals surface area contributed by atoms with Gasteiger partial charge in [0, 0.05) is 32.4 Å². The molecule has 2 aliphatic rings. The van der Waals surface area contributed by atoms with Crippen molar-refractivity contribution >= 4 is 27.5 Å². The molecule has 158 valence electrons. The highest BCUT2D eigenvalue weighted by Gasteiger charge is 2.33. The summed E-state index contributed by atoms with van der Waals surface area (Å²) in [5.74, 6) is -0.0564. The normalized spacial score (nSPS) is 19.6. The molecule has 1 fully saturated rings. The molecule has 0 unspecified atom stereocenters. The van der Waals surface area contributed by atoms with E-state index in [-0.39, 0.29) is 42.9 Å². The molecule has 10 heteroatoms. The first-order chi connectivity index (χ1) is 14.4. The van der Waals surface area contributed by atoms with E-state index in [2.05, 4.69) is 10.3 Å². The number of amides is 2. The Bertz CT molecular complexity index is 1070. The minimum atomic E-state index is -3.77. The fourth-order valence-electron chi connectivity index (χ4n) is 3.49. The van der Waals surface area contributed by atoms with E-state index in [1.165, 1.54) is 16.4 Å². The van der Waals surface area contributed by atoms with Crippen LogP contribution >= 0.6 is 0 Å². The number of nitrogens with one attached hydrogen (secondary N) is 1. The first-order valence-electron chi connectivity index (χ1n) is 9.72. The van der Waals surface area contributed by atoms with E-state index in [1.54, 1.807) is 35.4 Å². The maximum Gasteiger partial charge on any atom is 0.272 e. The fraction of sp³-hybridized carbons (Fsp3) is 0.350. The molecule has 1 saturated heterocycles. The van der Waals surface area contributed by atoms with Crippen LogP contribution in [-0.4, -0.2) is 66.7 Å². The lowest BCUT2D eigenvalue weighted by Gasteiger charge is -2.34.